The zero-order chi connectivity index (χ0) is 12.0. The van der Waals surface area contributed by atoms with Gasteiger partial charge in [0.2, 0.25) is 0 Å². The number of hydrogen-bond acceptors (Lipinski definition) is 4. The van der Waals surface area contributed by atoms with Gasteiger partial charge in [0.1, 0.15) is 0 Å². The highest BCUT2D eigenvalue weighted by atomic mass is 19.1. The SMILES string of the molecule is CCOC(=O)COc1c(F)cccc1CN. The van der Waals surface area contributed by atoms with Crippen molar-refractivity contribution in [2.45, 2.75) is 13.5 Å². The van der Waals surface area contributed by atoms with Gasteiger partial charge in [-0.05, 0) is 13.0 Å². The molecule has 0 radical (unpaired) electrons. The van der Waals surface area contributed by atoms with Crippen molar-refractivity contribution in [3.63, 3.8) is 0 Å². The van der Waals surface area contributed by atoms with Gasteiger partial charge in [-0.3, -0.25) is 0 Å². The monoisotopic (exact) mass is 227 g/mol. The summed E-state index contributed by atoms with van der Waals surface area (Å²) in [5, 5.41) is 0. The standard InChI is InChI=1S/C11H14FNO3/c1-2-15-10(14)7-16-11-8(6-13)4-3-5-9(11)12/h3-5H,2,6-7,13H2,1H3. The van der Waals surface area contributed by atoms with E-state index in [1.54, 1.807) is 13.0 Å². The van der Waals surface area contributed by atoms with Crippen LogP contribution < -0.4 is 10.5 Å². The van der Waals surface area contributed by atoms with Crippen LogP contribution in [0.2, 0.25) is 0 Å². The van der Waals surface area contributed by atoms with Crippen LogP contribution in [0.15, 0.2) is 18.2 Å². The van der Waals surface area contributed by atoms with Crippen LogP contribution in [0.3, 0.4) is 0 Å². The molecule has 0 saturated carbocycles. The summed E-state index contributed by atoms with van der Waals surface area (Å²) >= 11 is 0. The van der Waals surface area contributed by atoms with Crippen molar-refractivity contribution in [1.29, 1.82) is 0 Å². The number of benzene rings is 1. The van der Waals surface area contributed by atoms with Gasteiger partial charge in [-0.25, -0.2) is 9.18 Å². The highest BCUT2D eigenvalue weighted by Gasteiger charge is 2.11. The minimum absolute atomic E-state index is 0.0121. The summed E-state index contributed by atoms with van der Waals surface area (Å²) < 4.78 is 23.0. The summed E-state index contributed by atoms with van der Waals surface area (Å²) in [5.74, 6) is -1.06. The van der Waals surface area contributed by atoms with Gasteiger partial charge in [0.15, 0.2) is 18.2 Å². The van der Waals surface area contributed by atoms with E-state index in [-0.39, 0.29) is 25.5 Å². The fourth-order valence-corrected chi connectivity index (χ4v) is 1.21. The molecule has 1 rings (SSSR count). The molecule has 4 nitrogen and oxygen atoms in total. The highest BCUT2D eigenvalue weighted by molar-refractivity contribution is 5.71. The third kappa shape index (κ3) is 3.20. The Labute approximate surface area is 93.2 Å². The van der Waals surface area contributed by atoms with E-state index in [0.29, 0.717) is 5.56 Å². The zero-order valence-corrected chi connectivity index (χ0v) is 9.03. The third-order valence-corrected chi connectivity index (χ3v) is 1.91. The number of halogens is 1. The summed E-state index contributed by atoms with van der Waals surface area (Å²) in [6.45, 7) is 1.78. The molecular formula is C11H14FNO3. The van der Waals surface area contributed by atoms with Crippen molar-refractivity contribution >= 4 is 5.97 Å². The van der Waals surface area contributed by atoms with Crippen molar-refractivity contribution in [3.05, 3.63) is 29.6 Å². The molecule has 0 amide bonds. The van der Waals surface area contributed by atoms with Crippen LogP contribution in [0.5, 0.6) is 5.75 Å². The van der Waals surface area contributed by atoms with E-state index in [1.807, 2.05) is 0 Å². The predicted molar refractivity (Wildman–Crippen MR) is 56.4 cm³/mol. The number of para-hydroxylation sites is 1. The molecule has 0 fully saturated rings. The average molecular weight is 227 g/mol. The van der Waals surface area contributed by atoms with Gasteiger partial charge in [-0.2, -0.15) is 0 Å². The molecular weight excluding hydrogens is 213 g/mol. The maximum absolute atomic E-state index is 13.3. The molecule has 0 unspecified atom stereocenters. The van der Waals surface area contributed by atoms with Crippen LogP contribution in [0.4, 0.5) is 4.39 Å². The van der Waals surface area contributed by atoms with E-state index in [9.17, 15) is 9.18 Å². The summed E-state index contributed by atoms with van der Waals surface area (Å²) in [5.41, 5.74) is 5.94. The number of carbonyl (C=O) groups is 1. The lowest BCUT2D eigenvalue weighted by molar-refractivity contribution is -0.145. The Morgan fingerprint density at radius 3 is 2.88 bits per heavy atom. The highest BCUT2D eigenvalue weighted by Crippen LogP contribution is 2.22. The van der Waals surface area contributed by atoms with Gasteiger partial charge in [0, 0.05) is 12.1 Å². The van der Waals surface area contributed by atoms with Gasteiger partial charge in [0.05, 0.1) is 6.61 Å². The molecule has 1 aromatic carbocycles. The first-order chi connectivity index (χ1) is 7.69. The normalized spacial score (nSPS) is 9.94. The molecule has 0 aliphatic rings. The Balaban J connectivity index is 2.69. The summed E-state index contributed by atoms with van der Waals surface area (Å²) in [6.07, 6.45) is 0. The minimum atomic E-state index is -0.535. The van der Waals surface area contributed by atoms with Crippen LogP contribution >= 0.6 is 0 Å². The van der Waals surface area contributed by atoms with E-state index in [4.69, 9.17) is 10.5 Å². The van der Waals surface area contributed by atoms with Crippen LogP contribution in [-0.4, -0.2) is 19.2 Å². The second-order valence-corrected chi connectivity index (χ2v) is 3.03. The maximum atomic E-state index is 13.3. The van der Waals surface area contributed by atoms with Gasteiger partial charge in [0.25, 0.3) is 0 Å². The zero-order valence-electron chi connectivity index (χ0n) is 9.03. The molecule has 0 aliphatic heterocycles. The lowest BCUT2D eigenvalue weighted by Gasteiger charge is -2.10. The summed E-state index contributed by atoms with van der Waals surface area (Å²) in [7, 11) is 0. The lowest BCUT2D eigenvalue weighted by atomic mass is 10.2. The van der Waals surface area contributed by atoms with Crippen molar-refractivity contribution in [2.24, 2.45) is 5.73 Å². The largest absolute Gasteiger partial charge is 0.478 e. The van der Waals surface area contributed by atoms with Crippen LogP contribution in [0, 0.1) is 5.82 Å². The van der Waals surface area contributed by atoms with E-state index >= 15 is 0 Å². The van der Waals surface area contributed by atoms with Crippen molar-refractivity contribution in [1.82, 2.24) is 0 Å². The number of hydrogen-bond donors (Lipinski definition) is 1. The molecule has 1 aromatic rings. The fourth-order valence-electron chi connectivity index (χ4n) is 1.21. The van der Waals surface area contributed by atoms with Crippen LogP contribution in [0.1, 0.15) is 12.5 Å². The Morgan fingerprint density at radius 1 is 1.50 bits per heavy atom. The second-order valence-electron chi connectivity index (χ2n) is 3.03. The molecule has 0 aromatic heterocycles. The lowest BCUT2D eigenvalue weighted by Crippen LogP contribution is -2.16. The fraction of sp³-hybridized carbons (Fsp3) is 0.364. The Kier molecular flexibility index (Phi) is 4.72. The number of carbonyl (C=O) groups excluding carboxylic acids is 1. The minimum Gasteiger partial charge on any atom is -0.478 e. The number of esters is 1. The average Bonchev–Trinajstić information content (AvgIpc) is 2.27. The molecule has 0 heterocycles. The number of ether oxygens (including phenoxy) is 2. The van der Waals surface area contributed by atoms with E-state index in [0.717, 1.165) is 0 Å². The first-order valence-corrected chi connectivity index (χ1v) is 4.95. The molecule has 0 spiro atoms. The number of rotatable bonds is 5. The summed E-state index contributed by atoms with van der Waals surface area (Å²) in [6, 6.07) is 4.43. The molecule has 88 valence electrons. The van der Waals surface area contributed by atoms with Crippen LogP contribution in [0.25, 0.3) is 0 Å². The van der Waals surface area contributed by atoms with Gasteiger partial charge >= 0.3 is 5.97 Å². The smallest absolute Gasteiger partial charge is 0.344 e. The molecule has 0 aliphatic carbocycles. The second kappa shape index (κ2) is 6.07. The molecule has 0 bridgehead atoms. The van der Waals surface area contributed by atoms with E-state index in [1.165, 1.54) is 12.1 Å². The van der Waals surface area contributed by atoms with Crippen molar-refractivity contribution < 1.29 is 18.7 Å². The molecule has 16 heavy (non-hydrogen) atoms. The Morgan fingerprint density at radius 2 is 2.25 bits per heavy atom. The predicted octanol–water partition coefficient (Wildman–Crippen LogP) is 1.23. The first kappa shape index (κ1) is 12.4. The molecule has 2 N–H and O–H groups in total. The van der Waals surface area contributed by atoms with Crippen molar-refractivity contribution in [3.8, 4) is 5.75 Å². The van der Waals surface area contributed by atoms with E-state index < -0.39 is 11.8 Å². The maximum Gasteiger partial charge on any atom is 0.344 e. The number of nitrogens with two attached hydrogens (primary N) is 1. The van der Waals surface area contributed by atoms with Crippen molar-refractivity contribution in [2.75, 3.05) is 13.2 Å². The Bertz CT molecular complexity index is 368. The van der Waals surface area contributed by atoms with Gasteiger partial charge in [-0.15, -0.1) is 0 Å². The Hall–Kier alpha value is -1.62. The van der Waals surface area contributed by atoms with E-state index in [2.05, 4.69) is 4.74 Å². The quantitative estimate of drug-likeness (QED) is 0.768. The third-order valence-electron chi connectivity index (χ3n) is 1.91. The molecule has 0 saturated heterocycles. The summed E-state index contributed by atoms with van der Waals surface area (Å²) in [4.78, 5) is 11.0. The first-order valence-electron chi connectivity index (χ1n) is 4.95. The molecule has 5 heteroatoms. The topological polar surface area (TPSA) is 61.5 Å². The molecule has 0 atom stereocenters. The van der Waals surface area contributed by atoms with Gasteiger partial charge in [-0.1, -0.05) is 12.1 Å². The van der Waals surface area contributed by atoms with Gasteiger partial charge < -0.3 is 15.2 Å². The van der Waals surface area contributed by atoms with Crippen LogP contribution in [-0.2, 0) is 16.1 Å².